The lowest BCUT2D eigenvalue weighted by molar-refractivity contribution is -0.120. The maximum absolute atomic E-state index is 14.8. The standard InChI is InChI=1S/C23H30ClFN2O2/c1-13(2)26(14(3)4)15(5)10-16-11-21(20(25)12-19(16)24)27-22(28)17-8-6-7-9-18(17)23(27)29/h11-15H,6-10H2,1-5H3. The van der Waals surface area contributed by atoms with Crippen LogP contribution in [-0.4, -0.2) is 34.8 Å². The van der Waals surface area contributed by atoms with E-state index in [1.165, 1.54) is 6.07 Å². The molecule has 1 aromatic rings. The van der Waals surface area contributed by atoms with Gasteiger partial charge in [0.2, 0.25) is 0 Å². The van der Waals surface area contributed by atoms with Crippen molar-refractivity contribution in [3.8, 4) is 0 Å². The van der Waals surface area contributed by atoms with Gasteiger partial charge in [-0.1, -0.05) is 11.6 Å². The summed E-state index contributed by atoms with van der Waals surface area (Å²) in [5, 5.41) is 0.322. The van der Waals surface area contributed by atoms with E-state index in [1.807, 2.05) is 0 Å². The normalized spacial score (nSPS) is 18.5. The molecule has 1 aromatic carbocycles. The van der Waals surface area contributed by atoms with Crippen molar-refractivity contribution in [2.45, 2.75) is 84.8 Å². The second kappa shape index (κ2) is 8.57. The van der Waals surface area contributed by atoms with Gasteiger partial charge in [-0.05, 0) is 84.4 Å². The molecule has 4 nitrogen and oxygen atoms in total. The van der Waals surface area contributed by atoms with Crippen LogP contribution in [0.25, 0.3) is 0 Å². The molecule has 1 aliphatic heterocycles. The fourth-order valence-corrected chi connectivity index (χ4v) is 5.13. The molecule has 0 saturated carbocycles. The van der Waals surface area contributed by atoms with E-state index in [0.29, 0.717) is 47.5 Å². The predicted molar refractivity (Wildman–Crippen MR) is 115 cm³/mol. The first kappa shape index (κ1) is 22.0. The Morgan fingerprint density at radius 3 is 2.00 bits per heavy atom. The molecule has 0 saturated heterocycles. The highest BCUT2D eigenvalue weighted by Crippen LogP contribution is 2.38. The van der Waals surface area contributed by atoms with Crippen LogP contribution in [0.2, 0.25) is 5.02 Å². The van der Waals surface area contributed by atoms with Crippen molar-refractivity contribution < 1.29 is 14.0 Å². The number of carbonyl (C=O) groups excluding carboxylic acids is 2. The Morgan fingerprint density at radius 1 is 1.00 bits per heavy atom. The van der Waals surface area contributed by atoms with Gasteiger partial charge in [0.05, 0.1) is 5.69 Å². The topological polar surface area (TPSA) is 40.6 Å². The molecule has 6 heteroatoms. The molecule has 1 atom stereocenters. The Hall–Kier alpha value is -1.72. The maximum Gasteiger partial charge on any atom is 0.261 e. The Bertz CT molecular complexity index is 827. The zero-order valence-electron chi connectivity index (χ0n) is 17.9. The number of benzene rings is 1. The van der Waals surface area contributed by atoms with Crippen molar-refractivity contribution in [1.82, 2.24) is 4.90 Å². The molecule has 0 bridgehead atoms. The number of hydrogen-bond acceptors (Lipinski definition) is 3. The number of anilines is 1. The summed E-state index contributed by atoms with van der Waals surface area (Å²) in [4.78, 5) is 29.1. The van der Waals surface area contributed by atoms with Crippen LogP contribution in [0, 0.1) is 5.82 Å². The van der Waals surface area contributed by atoms with Crippen LogP contribution < -0.4 is 4.90 Å². The highest BCUT2D eigenvalue weighted by molar-refractivity contribution is 6.34. The molecule has 2 aliphatic rings. The lowest BCUT2D eigenvalue weighted by atomic mass is 9.93. The quantitative estimate of drug-likeness (QED) is 0.588. The number of imide groups is 1. The van der Waals surface area contributed by atoms with Crippen molar-refractivity contribution in [1.29, 1.82) is 0 Å². The molecule has 3 rings (SSSR count). The Balaban J connectivity index is 1.93. The molecular formula is C23H30ClFN2O2. The van der Waals surface area contributed by atoms with E-state index in [1.54, 1.807) is 6.07 Å². The third-order valence-electron chi connectivity index (χ3n) is 5.96. The van der Waals surface area contributed by atoms with Crippen LogP contribution in [0.4, 0.5) is 10.1 Å². The van der Waals surface area contributed by atoms with Crippen molar-refractivity contribution >= 4 is 29.1 Å². The molecule has 29 heavy (non-hydrogen) atoms. The summed E-state index contributed by atoms with van der Waals surface area (Å²) in [5.41, 5.74) is 1.86. The zero-order chi connectivity index (χ0) is 21.5. The average Bonchev–Trinajstić information content (AvgIpc) is 2.88. The molecule has 0 N–H and O–H groups in total. The van der Waals surface area contributed by atoms with Crippen LogP contribution in [0.3, 0.4) is 0 Å². The number of rotatable bonds is 6. The van der Waals surface area contributed by atoms with E-state index in [-0.39, 0.29) is 23.5 Å². The minimum atomic E-state index is -0.641. The molecular weight excluding hydrogens is 391 g/mol. The monoisotopic (exact) mass is 420 g/mol. The fraction of sp³-hybridized carbons (Fsp3) is 0.565. The van der Waals surface area contributed by atoms with E-state index in [9.17, 15) is 14.0 Å². The van der Waals surface area contributed by atoms with E-state index < -0.39 is 5.82 Å². The second-order valence-corrected chi connectivity index (χ2v) is 9.10. The molecule has 0 spiro atoms. The third-order valence-corrected chi connectivity index (χ3v) is 6.32. The fourth-order valence-electron chi connectivity index (χ4n) is 4.90. The summed E-state index contributed by atoms with van der Waals surface area (Å²) >= 11 is 6.35. The van der Waals surface area contributed by atoms with Crippen molar-refractivity contribution in [2.24, 2.45) is 0 Å². The van der Waals surface area contributed by atoms with Gasteiger partial charge in [-0.25, -0.2) is 9.29 Å². The summed E-state index contributed by atoms with van der Waals surface area (Å²) in [5.74, 6) is -1.40. The lowest BCUT2D eigenvalue weighted by Crippen LogP contribution is -2.44. The molecule has 0 radical (unpaired) electrons. The highest BCUT2D eigenvalue weighted by Gasteiger charge is 2.41. The zero-order valence-corrected chi connectivity index (χ0v) is 18.6. The third kappa shape index (κ3) is 4.13. The first-order valence-electron chi connectivity index (χ1n) is 10.5. The summed E-state index contributed by atoms with van der Waals surface area (Å²) in [6.07, 6.45) is 3.56. The van der Waals surface area contributed by atoms with Gasteiger partial charge in [0.1, 0.15) is 5.82 Å². The first-order chi connectivity index (χ1) is 13.6. The molecule has 1 unspecified atom stereocenters. The number of hydrogen-bond donors (Lipinski definition) is 0. The van der Waals surface area contributed by atoms with Gasteiger partial charge in [-0.15, -0.1) is 0 Å². The molecule has 1 aliphatic carbocycles. The van der Waals surface area contributed by atoms with Gasteiger partial charge in [0.25, 0.3) is 11.8 Å². The maximum atomic E-state index is 14.8. The van der Waals surface area contributed by atoms with E-state index in [0.717, 1.165) is 23.3 Å². The van der Waals surface area contributed by atoms with Crippen molar-refractivity contribution in [2.75, 3.05) is 4.90 Å². The smallest absolute Gasteiger partial charge is 0.261 e. The number of halogens is 2. The van der Waals surface area contributed by atoms with Crippen molar-refractivity contribution in [3.63, 3.8) is 0 Å². The Labute approximate surface area is 177 Å². The Kier molecular flexibility index (Phi) is 6.49. The van der Waals surface area contributed by atoms with Crippen LogP contribution in [0.1, 0.15) is 65.9 Å². The van der Waals surface area contributed by atoms with E-state index in [4.69, 9.17) is 11.6 Å². The first-order valence-corrected chi connectivity index (χ1v) is 10.9. The van der Waals surface area contributed by atoms with Crippen LogP contribution in [0.15, 0.2) is 23.3 Å². The minimum Gasteiger partial charge on any atom is -0.296 e. The number of nitrogens with zero attached hydrogens (tertiary/aromatic N) is 2. The summed E-state index contributed by atoms with van der Waals surface area (Å²) in [6.45, 7) is 10.7. The van der Waals surface area contributed by atoms with Gasteiger partial charge in [-0.2, -0.15) is 0 Å². The molecule has 2 amide bonds. The predicted octanol–water partition coefficient (Wildman–Crippen LogP) is 5.27. The summed E-state index contributed by atoms with van der Waals surface area (Å²) in [6, 6.07) is 3.68. The molecule has 0 aromatic heterocycles. The lowest BCUT2D eigenvalue weighted by Gasteiger charge is -2.36. The van der Waals surface area contributed by atoms with E-state index >= 15 is 0 Å². The minimum absolute atomic E-state index is 0.0154. The summed E-state index contributed by atoms with van der Waals surface area (Å²) < 4.78 is 14.8. The SMILES string of the molecule is CC(C)N(C(C)C)C(C)Cc1cc(N2C(=O)C3=C(CCCC3)C2=O)c(F)cc1Cl. The average molecular weight is 421 g/mol. The number of amides is 2. The largest absolute Gasteiger partial charge is 0.296 e. The van der Waals surface area contributed by atoms with Crippen molar-refractivity contribution in [3.05, 3.63) is 39.7 Å². The van der Waals surface area contributed by atoms with Crippen LogP contribution >= 0.6 is 11.6 Å². The van der Waals surface area contributed by atoms with Crippen LogP contribution in [-0.2, 0) is 16.0 Å². The van der Waals surface area contributed by atoms with Crippen LogP contribution in [0.5, 0.6) is 0 Å². The molecule has 1 heterocycles. The molecule has 158 valence electrons. The van der Waals surface area contributed by atoms with Gasteiger partial charge >= 0.3 is 0 Å². The highest BCUT2D eigenvalue weighted by atomic mass is 35.5. The Morgan fingerprint density at radius 2 is 1.52 bits per heavy atom. The van der Waals surface area contributed by atoms with Gasteiger partial charge < -0.3 is 0 Å². The second-order valence-electron chi connectivity index (χ2n) is 8.69. The van der Waals surface area contributed by atoms with Gasteiger partial charge in [0, 0.05) is 34.3 Å². The van der Waals surface area contributed by atoms with E-state index in [2.05, 4.69) is 39.5 Å². The number of carbonyl (C=O) groups is 2. The molecule has 0 fully saturated rings. The summed E-state index contributed by atoms with van der Waals surface area (Å²) in [7, 11) is 0. The van der Waals surface area contributed by atoms with Gasteiger partial charge in [0.15, 0.2) is 0 Å². The van der Waals surface area contributed by atoms with Gasteiger partial charge in [-0.3, -0.25) is 14.5 Å².